The Morgan fingerprint density at radius 1 is 1.33 bits per heavy atom. The monoisotopic (exact) mass is 292 g/mol. The topological polar surface area (TPSA) is 43.4 Å². The van der Waals surface area contributed by atoms with Crippen LogP contribution in [0.15, 0.2) is 27.6 Å². The molecule has 0 spiro atoms. The number of methoxy groups -OCH3 is 1. The highest BCUT2D eigenvalue weighted by Crippen LogP contribution is 2.28. The number of benzene rings is 1. The third-order valence-corrected chi connectivity index (χ3v) is 4.88. The summed E-state index contributed by atoms with van der Waals surface area (Å²) in [5.74, 6) is 0.525. The lowest BCUT2D eigenvalue weighted by Gasteiger charge is -2.10. The predicted octanol–water partition coefficient (Wildman–Crippen LogP) is 2.64. The van der Waals surface area contributed by atoms with E-state index < -0.39 is 15.1 Å². The van der Waals surface area contributed by atoms with Gasteiger partial charge in [0, 0.05) is 0 Å². The number of sulfone groups is 1. The lowest BCUT2D eigenvalue weighted by Crippen LogP contribution is -2.13. The van der Waals surface area contributed by atoms with Crippen molar-refractivity contribution in [2.24, 2.45) is 0 Å². The van der Waals surface area contributed by atoms with Gasteiger partial charge in [-0.3, -0.25) is 0 Å². The van der Waals surface area contributed by atoms with Gasteiger partial charge in [0.15, 0.2) is 9.84 Å². The first-order valence-electron chi connectivity index (χ1n) is 4.47. The minimum atomic E-state index is -3.23. The van der Waals surface area contributed by atoms with Gasteiger partial charge in [0.1, 0.15) is 5.75 Å². The number of ether oxygens (including phenoxy) is 1. The standard InChI is InChI=1S/C10H13BrO3S/c1-7(2)15(12,13)8-4-5-9(11)10(6-8)14-3/h4-7H,1-3H3. The Kier molecular flexibility index (Phi) is 3.78. The fourth-order valence-electron chi connectivity index (χ4n) is 1.09. The molecule has 0 unspecified atom stereocenters. The summed E-state index contributed by atoms with van der Waals surface area (Å²) < 4.78 is 29.5. The quantitative estimate of drug-likeness (QED) is 0.860. The average molecular weight is 293 g/mol. The lowest BCUT2D eigenvalue weighted by atomic mass is 10.3. The van der Waals surface area contributed by atoms with E-state index in [0.717, 1.165) is 4.47 Å². The van der Waals surface area contributed by atoms with Crippen molar-refractivity contribution in [2.45, 2.75) is 24.0 Å². The van der Waals surface area contributed by atoms with E-state index in [1.165, 1.54) is 13.2 Å². The van der Waals surface area contributed by atoms with Crippen LogP contribution in [0.1, 0.15) is 13.8 Å². The van der Waals surface area contributed by atoms with Crippen LogP contribution in [0, 0.1) is 0 Å². The van der Waals surface area contributed by atoms with E-state index in [-0.39, 0.29) is 4.90 Å². The zero-order valence-electron chi connectivity index (χ0n) is 8.82. The summed E-state index contributed by atoms with van der Waals surface area (Å²) in [6.07, 6.45) is 0. The van der Waals surface area contributed by atoms with Gasteiger partial charge in [-0.05, 0) is 48.0 Å². The van der Waals surface area contributed by atoms with Crippen molar-refractivity contribution in [1.82, 2.24) is 0 Å². The van der Waals surface area contributed by atoms with E-state index in [4.69, 9.17) is 4.74 Å². The minimum Gasteiger partial charge on any atom is -0.496 e. The minimum absolute atomic E-state index is 0.289. The van der Waals surface area contributed by atoms with Crippen LogP contribution >= 0.6 is 15.9 Å². The summed E-state index contributed by atoms with van der Waals surface area (Å²) in [6, 6.07) is 4.77. The van der Waals surface area contributed by atoms with Crippen molar-refractivity contribution < 1.29 is 13.2 Å². The highest BCUT2D eigenvalue weighted by atomic mass is 79.9. The molecule has 0 amide bonds. The summed E-state index contributed by atoms with van der Waals surface area (Å²) in [7, 11) is -1.72. The number of halogens is 1. The van der Waals surface area contributed by atoms with Gasteiger partial charge in [-0.1, -0.05) is 0 Å². The molecule has 5 heteroatoms. The summed E-state index contributed by atoms with van der Waals surface area (Å²) in [6.45, 7) is 3.31. The molecule has 0 saturated carbocycles. The molecule has 0 atom stereocenters. The molecule has 0 N–H and O–H groups in total. The normalized spacial score (nSPS) is 11.8. The van der Waals surface area contributed by atoms with E-state index in [0.29, 0.717) is 5.75 Å². The molecular formula is C10H13BrO3S. The van der Waals surface area contributed by atoms with Crippen molar-refractivity contribution in [3.05, 3.63) is 22.7 Å². The molecule has 1 aromatic rings. The van der Waals surface area contributed by atoms with Gasteiger partial charge in [0.05, 0.1) is 21.7 Å². The van der Waals surface area contributed by atoms with Gasteiger partial charge in [0.2, 0.25) is 0 Å². The predicted molar refractivity (Wildman–Crippen MR) is 63.0 cm³/mol. The van der Waals surface area contributed by atoms with Gasteiger partial charge in [0.25, 0.3) is 0 Å². The Hall–Kier alpha value is -0.550. The fourth-order valence-corrected chi connectivity index (χ4v) is 2.57. The van der Waals surface area contributed by atoms with Crippen LogP contribution in [0.4, 0.5) is 0 Å². The molecule has 15 heavy (non-hydrogen) atoms. The third-order valence-electron chi connectivity index (χ3n) is 2.07. The SMILES string of the molecule is COc1cc(S(=O)(=O)C(C)C)ccc1Br. The number of hydrogen-bond acceptors (Lipinski definition) is 3. The maximum absolute atomic E-state index is 11.8. The Balaban J connectivity index is 3.29. The van der Waals surface area contributed by atoms with E-state index >= 15 is 0 Å². The molecule has 0 heterocycles. The first kappa shape index (κ1) is 12.5. The summed E-state index contributed by atoms with van der Waals surface area (Å²) in [4.78, 5) is 0.289. The third kappa shape index (κ3) is 2.52. The number of rotatable bonds is 3. The Morgan fingerprint density at radius 2 is 1.93 bits per heavy atom. The van der Waals surface area contributed by atoms with Crippen LogP contribution in [0.3, 0.4) is 0 Å². The Labute approximate surface area is 98.5 Å². The second-order valence-corrected chi connectivity index (χ2v) is 6.75. The second kappa shape index (κ2) is 4.53. The highest BCUT2D eigenvalue weighted by Gasteiger charge is 2.20. The average Bonchev–Trinajstić information content (AvgIpc) is 2.18. The van der Waals surface area contributed by atoms with Crippen molar-refractivity contribution in [3.63, 3.8) is 0 Å². The number of hydrogen-bond donors (Lipinski definition) is 0. The summed E-state index contributed by atoms with van der Waals surface area (Å²) in [5.41, 5.74) is 0. The maximum Gasteiger partial charge on any atom is 0.180 e. The summed E-state index contributed by atoms with van der Waals surface area (Å²) in [5, 5.41) is -0.427. The fraction of sp³-hybridized carbons (Fsp3) is 0.400. The van der Waals surface area contributed by atoms with Gasteiger partial charge < -0.3 is 4.74 Å². The molecule has 0 saturated heterocycles. The molecule has 84 valence electrons. The molecule has 1 rings (SSSR count). The molecule has 0 aliphatic rings. The van der Waals surface area contributed by atoms with E-state index in [1.807, 2.05) is 0 Å². The highest BCUT2D eigenvalue weighted by molar-refractivity contribution is 9.10. The van der Waals surface area contributed by atoms with Crippen LogP contribution < -0.4 is 4.74 Å². The second-order valence-electron chi connectivity index (χ2n) is 3.39. The van der Waals surface area contributed by atoms with Crippen LogP contribution in [0.5, 0.6) is 5.75 Å². The van der Waals surface area contributed by atoms with Crippen LogP contribution in [-0.4, -0.2) is 20.8 Å². The molecular weight excluding hydrogens is 280 g/mol. The molecule has 0 aliphatic carbocycles. The van der Waals surface area contributed by atoms with Crippen LogP contribution in [-0.2, 0) is 9.84 Å². The lowest BCUT2D eigenvalue weighted by molar-refractivity contribution is 0.410. The van der Waals surface area contributed by atoms with Crippen molar-refractivity contribution in [2.75, 3.05) is 7.11 Å². The van der Waals surface area contributed by atoms with Gasteiger partial charge in [-0.15, -0.1) is 0 Å². The molecule has 0 radical (unpaired) electrons. The molecule has 0 aromatic heterocycles. The van der Waals surface area contributed by atoms with Crippen molar-refractivity contribution in [3.8, 4) is 5.75 Å². The van der Waals surface area contributed by atoms with Crippen molar-refractivity contribution in [1.29, 1.82) is 0 Å². The van der Waals surface area contributed by atoms with Crippen LogP contribution in [0.25, 0.3) is 0 Å². The Morgan fingerprint density at radius 3 is 2.40 bits per heavy atom. The molecule has 0 fully saturated rings. The van der Waals surface area contributed by atoms with Crippen LogP contribution in [0.2, 0.25) is 0 Å². The molecule has 0 bridgehead atoms. The maximum atomic E-state index is 11.8. The first-order chi connectivity index (χ1) is 6.89. The van der Waals surface area contributed by atoms with E-state index in [1.54, 1.807) is 26.0 Å². The Bertz CT molecular complexity index is 452. The van der Waals surface area contributed by atoms with Gasteiger partial charge in [-0.25, -0.2) is 8.42 Å². The van der Waals surface area contributed by atoms with E-state index in [2.05, 4.69) is 15.9 Å². The first-order valence-corrected chi connectivity index (χ1v) is 6.81. The molecule has 3 nitrogen and oxygen atoms in total. The summed E-state index contributed by atoms with van der Waals surface area (Å²) >= 11 is 3.27. The smallest absolute Gasteiger partial charge is 0.180 e. The molecule has 0 aliphatic heterocycles. The zero-order chi connectivity index (χ0) is 11.6. The molecule has 1 aromatic carbocycles. The van der Waals surface area contributed by atoms with Gasteiger partial charge >= 0.3 is 0 Å². The largest absolute Gasteiger partial charge is 0.496 e. The zero-order valence-corrected chi connectivity index (χ0v) is 11.2. The van der Waals surface area contributed by atoms with Crippen molar-refractivity contribution >= 4 is 25.8 Å². The van der Waals surface area contributed by atoms with Gasteiger partial charge in [-0.2, -0.15) is 0 Å². The van der Waals surface area contributed by atoms with E-state index in [9.17, 15) is 8.42 Å².